The fourth-order valence-corrected chi connectivity index (χ4v) is 3.45. The van der Waals surface area contributed by atoms with E-state index in [4.69, 9.17) is 0 Å². The Balaban J connectivity index is 0.00000264. The smallest absolute Gasteiger partial charge is 0.259 e. The number of aromatic nitrogens is 2. The number of halogens is 1. The number of nitrogens with one attached hydrogen (secondary N) is 2. The first-order valence-electron chi connectivity index (χ1n) is 7.31. The highest BCUT2D eigenvalue weighted by Gasteiger charge is 2.23. The monoisotopic (exact) mass is 365 g/mol. The predicted molar refractivity (Wildman–Crippen MR) is 89.0 cm³/mol. The lowest BCUT2D eigenvalue weighted by Gasteiger charge is -2.34. The minimum absolute atomic E-state index is 0. The first kappa shape index (κ1) is 19.9. The van der Waals surface area contributed by atoms with Crippen molar-refractivity contribution in [3.05, 3.63) is 12.0 Å². The molecule has 0 aromatic carbocycles. The molecule has 0 saturated carbocycles. The van der Waals surface area contributed by atoms with Gasteiger partial charge in [-0.3, -0.25) is 4.79 Å². The lowest BCUT2D eigenvalue weighted by Crippen LogP contribution is -2.52. The van der Waals surface area contributed by atoms with Gasteiger partial charge in [0.05, 0.1) is 0 Å². The van der Waals surface area contributed by atoms with Crippen molar-refractivity contribution in [3.8, 4) is 0 Å². The second-order valence-electron chi connectivity index (χ2n) is 5.53. The number of rotatable bonds is 5. The summed E-state index contributed by atoms with van der Waals surface area (Å²) in [5, 5.41) is 3.19. The fraction of sp³-hybridized carbons (Fsp3) is 0.692. The quantitative estimate of drug-likeness (QED) is 0.742. The van der Waals surface area contributed by atoms with Crippen LogP contribution in [0.3, 0.4) is 0 Å². The molecule has 1 fully saturated rings. The van der Waals surface area contributed by atoms with Crippen LogP contribution in [0.4, 0.5) is 0 Å². The van der Waals surface area contributed by atoms with E-state index in [0.717, 1.165) is 13.1 Å². The highest BCUT2D eigenvalue weighted by Crippen LogP contribution is 2.08. The lowest BCUT2D eigenvalue weighted by molar-refractivity contribution is -0.133. The fourth-order valence-electron chi connectivity index (χ4n) is 2.38. The molecule has 1 atom stereocenters. The first-order chi connectivity index (χ1) is 10.3. The maximum Gasteiger partial charge on any atom is 0.259 e. The summed E-state index contributed by atoms with van der Waals surface area (Å²) in [5.41, 5.74) is 0. The SMILES string of the molecule is Cc1nc(S(=O)(=O)NCCC(=O)N2CCNCC2C)cn1C.Cl. The number of carbonyl (C=O) groups excluding carboxylic acids is 1. The van der Waals surface area contributed by atoms with Gasteiger partial charge in [0.15, 0.2) is 5.03 Å². The minimum Gasteiger partial charge on any atom is -0.337 e. The van der Waals surface area contributed by atoms with Crippen LogP contribution in [0.5, 0.6) is 0 Å². The van der Waals surface area contributed by atoms with Crippen molar-refractivity contribution in [2.24, 2.45) is 7.05 Å². The van der Waals surface area contributed by atoms with E-state index in [1.807, 2.05) is 6.92 Å². The lowest BCUT2D eigenvalue weighted by atomic mass is 10.2. The van der Waals surface area contributed by atoms with E-state index < -0.39 is 10.0 Å². The minimum atomic E-state index is -3.67. The molecule has 8 nitrogen and oxygen atoms in total. The van der Waals surface area contributed by atoms with Gasteiger partial charge < -0.3 is 14.8 Å². The van der Waals surface area contributed by atoms with Gasteiger partial charge in [-0.05, 0) is 13.8 Å². The molecule has 0 bridgehead atoms. The van der Waals surface area contributed by atoms with Gasteiger partial charge in [-0.1, -0.05) is 0 Å². The summed E-state index contributed by atoms with van der Waals surface area (Å²) < 4.78 is 28.3. The summed E-state index contributed by atoms with van der Waals surface area (Å²) in [6.07, 6.45) is 1.60. The molecule has 0 spiro atoms. The highest BCUT2D eigenvalue weighted by molar-refractivity contribution is 7.89. The molecule has 1 aromatic heterocycles. The Morgan fingerprint density at radius 3 is 2.78 bits per heavy atom. The van der Waals surface area contributed by atoms with Crippen molar-refractivity contribution in [2.45, 2.75) is 31.3 Å². The van der Waals surface area contributed by atoms with Gasteiger partial charge in [0, 0.05) is 51.9 Å². The predicted octanol–water partition coefficient (Wildman–Crippen LogP) is -0.361. The van der Waals surface area contributed by atoms with Gasteiger partial charge in [0.2, 0.25) is 5.91 Å². The van der Waals surface area contributed by atoms with Gasteiger partial charge in [-0.15, -0.1) is 12.4 Å². The summed E-state index contributed by atoms with van der Waals surface area (Å²) in [5.74, 6) is 0.583. The van der Waals surface area contributed by atoms with Crippen LogP contribution >= 0.6 is 12.4 Å². The summed E-state index contributed by atoms with van der Waals surface area (Å²) in [4.78, 5) is 17.9. The number of amides is 1. The topological polar surface area (TPSA) is 96.3 Å². The molecule has 1 unspecified atom stereocenters. The molecule has 1 saturated heterocycles. The Morgan fingerprint density at radius 1 is 1.52 bits per heavy atom. The molecule has 10 heteroatoms. The van der Waals surface area contributed by atoms with Crippen LogP contribution in [0.25, 0.3) is 0 Å². The third kappa shape index (κ3) is 4.90. The van der Waals surface area contributed by atoms with E-state index in [-0.39, 0.29) is 42.3 Å². The van der Waals surface area contributed by atoms with Gasteiger partial charge in [0.25, 0.3) is 10.0 Å². The largest absolute Gasteiger partial charge is 0.337 e. The average Bonchev–Trinajstić information content (AvgIpc) is 2.80. The Morgan fingerprint density at radius 2 is 2.22 bits per heavy atom. The van der Waals surface area contributed by atoms with Gasteiger partial charge in [-0.25, -0.2) is 18.1 Å². The number of aryl methyl sites for hydroxylation is 2. The summed E-state index contributed by atoms with van der Waals surface area (Å²) >= 11 is 0. The van der Waals surface area contributed by atoms with E-state index in [0.29, 0.717) is 12.4 Å². The van der Waals surface area contributed by atoms with Crippen molar-refractivity contribution in [1.82, 2.24) is 24.5 Å². The molecular weight excluding hydrogens is 342 g/mol. The Labute approximate surface area is 143 Å². The van der Waals surface area contributed by atoms with Gasteiger partial charge in [0.1, 0.15) is 5.82 Å². The number of sulfonamides is 1. The van der Waals surface area contributed by atoms with Crippen molar-refractivity contribution in [1.29, 1.82) is 0 Å². The number of piperazine rings is 1. The number of imidazole rings is 1. The molecule has 0 radical (unpaired) electrons. The molecular formula is C13H24ClN5O3S. The van der Waals surface area contributed by atoms with E-state index in [1.165, 1.54) is 6.20 Å². The molecule has 23 heavy (non-hydrogen) atoms. The van der Waals surface area contributed by atoms with Crippen LogP contribution in [0, 0.1) is 6.92 Å². The first-order valence-corrected chi connectivity index (χ1v) is 8.79. The van der Waals surface area contributed by atoms with Crippen molar-refractivity contribution >= 4 is 28.3 Å². The van der Waals surface area contributed by atoms with Crippen molar-refractivity contribution < 1.29 is 13.2 Å². The third-order valence-electron chi connectivity index (χ3n) is 3.81. The van der Waals surface area contributed by atoms with Crippen LogP contribution in [0.2, 0.25) is 0 Å². The zero-order chi connectivity index (χ0) is 16.3. The summed E-state index contributed by atoms with van der Waals surface area (Å²) in [7, 11) is -1.93. The van der Waals surface area contributed by atoms with Crippen LogP contribution in [0.15, 0.2) is 11.2 Å². The Bertz CT molecular complexity index is 627. The summed E-state index contributed by atoms with van der Waals surface area (Å²) in [6, 6.07) is 0.135. The Hall–Kier alpha value is -1.16. The highest BCUT2D eigenvalue weighted by atomic mass is 35.5. The number of nitrogens with zero attached hydrogens (tertiary/aromatic N) is 3. The van der Waals surface area contributed by atoms with Crippen LogP contribution < -0.4 is 10.0 Å². The molecule has 1 amide bonds. The second-order valence-corrected chi connectivity index (χ2v) is 7.24. The second kappa shape index (κ2) is 8.09. The molecule has 0 aliphatic carbocycles. The number of hydrogen-bond acceptors (Lipinski definition) is 5. The maximum absolute atomic E-state index is 12.1. The standard InChI is InChI=1S/C13H23N5O3S.ClH/c1-10-8-14-6-7-18(10)13(19)4-5-15-22(20,21)12-9-17(3)11(2)16-12;/h9-10,14-15H,4-8H2,1-3H3;1H. The molecule has 1 aliphatic heterocycles. The Kier molecular flexibility index (Phi) is 7.00. The maximum atomic E-state index is 12.1. The number of carbonyl (C=O) groups is 1. The molecule has 1 aliphatic rings. The zero-order valence-corrected chi connectivity index (χ0v) is 15.2. The van der Waals surface area contributed by atoms with Crippen molar-refractivity contribution in [2.75, 3.05) is 26.2 Å². The van der Waals surface area contributed by atoms with E-state index in [9.17, 15) is 13.2 Å². The molecule has 2 heterocycles. The zero-order valence-electron chi connectivity index (χ0n) is 13.6. The molecule has 132 valence electrons. The summed E-state index contributed by atoms with van der Waals surface area (Å²) in [6.45, 7) is 5.98. The molecule has 2 rings (SSSR count). The molecule has 1 aromatic rings. The van der Waals surface area contributed by atoms with Crippen LogP contribution in [0.1, 0.15) is 19.2 Å². The van der Waals surface area contributed by atoms with E-state index >= 15 is 0 Å². The van der Waals surface area contributed by atoms with E-state index in [1.54, 1.807) is 23.4 Å². The number of hydrogen-bond donors (Lipinski definition) is 2. The van der Waals surface area contributed by atoms with Crippen LogP contribution in [-0.2, 0) is 21.9 Å². The van der Waals surface area contributed by atoms with Crippen molar-refractivity contribution in [3.63, 3.8) is 0 Å². The van der Waals surface area contributed by atoms with Gasteiger partial charge >= 0.3 is 0 Å². The van der Waals surface area contributed by atoms with Crippen LogP contribution in [-0.4, -0.2) is 61.0 Å². The normalized spacial score (nSPS) is 18.6. The third-order valence-corrected chi connectivity index (χ3v) is 5.15. The van der Waals surface area contributed by atoms with E-state index in [2.05, 4.69) is 15.0 Å². The van der Waals surface area contributed by atoms with Gasteiger partial charge in [-0.2, -0.15) is 0 Å². The average molecular weight is 366 g/mol. The molecule has 2 N–H and O–H groups in total.